The van der Waals surface area contributed by atoms with Crippen molar-refractivity contribution in [2.45, 2.75) is 45.2 Å². The van der Waals surface area contributed by atoms with Crippen molar-refractivity contribution < 1.29 is 4.79 Å². The number of hydrogen-bond acceptors (Lipinski definition) is 4. The molecule has 7 nitrogen and oxygen atoms in total. The van der Waals surface area contributed by atoms with Gasteiger partial charge >= 0.3 is 5.69 Å². The van der Waals surface area contributed by atoms with E-state index >= 15 is 0 Å². The monoisotopic (exact) mass is 553 g/mol. The first-order valence-electron chi connectivity index (χ1n) is 11.7. The van der Waals surface area contributed by atoms with E-state index in [0.717, 1.165) is 41.2 Å². The number of nitrogens with zero attached hydrogens (tertiary/aromatic N) is 4. The SMILES string of the molecule is Cc1ncc(Cl)cc1C(=O)NC1CCC(Cn2c(=O)n(-c3ccc(Br)cn3)c3ccccc32)CC1. The molecule has 0 saturated heterocycles. The highest BCUT2D eigenvalue weighted by molar-refractivity contribution is 9.10. The summed E-state index contributed by atoms with van der Waals surface area (Å²) < 4.78 is 4.40. The fourth-order valence-electron chi connectivity index (χ4n) is 4.85. The highest BCUT2D eigenvalue weighted by Gasteiger charge is 2.25. The smallest absolute Gasteiger partial charge is 0.334 e. The second-order valence-corrected chi connectivity index (χ2v) is 10.4. The Labute approximate surface area is 216 Å². The van der Waals surface area contributed by atoms with E-state index < -0.39 is 0 Å². The zero-order valence-corrected chi connectivity index (χ0v) is 21.6. The Balaban J connectivity index is 1.30. The summed E-state index contributed by atoms with van der Waals surface area (Å²) in [6.07, 6.45) is 6.84. The number of halogens is 2. The lowest BCUT2D eigenvalue weighted by Crippen LogP contribution is -2.39. The van der Waals surface area contributed by atoms with E-state index in [0.29, 0.717) is 34.6 Å². The second-order valence-electron chi connectivity index (χ2n) is 9.03. The van der Waals surface area contributed by atoms with Gasteiger partial charge in [0.25, 0.3) is 5.91 Å². The second kappa shape index (κ2) is 9.95. The average Bonchev–Trinajstić information content (AvgIpc) is 3.13. The van der Waals surface area contributed by atoms with Gasteiger partial charge in [-0.1, -0.05) is 23.7 Å². The minimum atomic E-state index is -0.137. The van der Waals surface area contributed by atoms with Crippen LogP contribution in [-0.2, 0) is 6.54 Å². The molecule has 0 atom stereocenters. The molecule has 5 rings (SSSR count). The standard InChI is InChI=1S/C26H25BrClN5O2/c1-16-21(12-19(28)14-29-16)25(34)31-20-9-6-17(7-10-20)15-32-22-4-2-3-5-23(22)33(26(32)35)24-11-8-18(27)13-30-24/h2-5,8,11-14,17,20H,6-7,9-10,15H2,1H3,(H,31,34). The van der Waals surface area contributed by atoms with Crippen molar-refractivity contribution in [3.05, 3.63) is 86.1 Å². The van der Waals surface area contributed by atoms with Gasteiger partial charge in [0.15, 0.2) is 0 Å². The van der Waals surface area contributed by atoms with Gasteiger partial charge in [-0.05, 0) is 84.8 Å². The van der Waals surface area contributed by atoms with E-state index in [1.165, 1.54) is 0 Å². The van der Waals surface area contributed by atoms with Crippen LogP contribution >= 0.6 is 27.5 Å². The van der Waals surface area contributed by atoms with E-state index in [2.05, 4.69) is 31.2 Å². The number of benzene rings is 1. The molecule has 0 unspecified atom stereocenters. The number of fused-ring (bicyclic) bond motifs is 1. The molecule has 35 heavy (non-hydrogen) atoms. The van der Waals surface area contributed by atoms with Crippen LogP contribution in [0.3, 0.4) is 0 Å². The molecule has 0 spiro atoms. The topological polar surface area (TPSA) is 81.8 Å². The predicted octanol–water partition coefficient (Wildman–Crippen LogP) is 5.30. The number of carbonyl (C=O) groups is 1. The summed E-state index contributed by atoms with van der Waals surface area (Å²) in [5, 5.41) is 3.59. The van der Waals surface area contributed by atoms with Crippen LogP contribution in [0.2, 0.25) is 5.02 Å². The van der Waals surface area contributed by atoms with Gasteiger partial charge in [-0.3, -0.25) is 14.3 Å². The largest absolute Gasteiger partial charge is 0.349 e. The van der Waals surface area contributed by atoms with Crippen LogP contribution < -0.4 is 11.0 Å². The Morgan fingerprint density at radius 2 is 1.83 bits per heavy atom. The lowest BCUT2D eigenvalue weighted by Gasteiger charge is -2.29. The molecule has 1 aliphatic rings. The number of hydrogen-bond donors (Lipinski definition) is 1. The van der Waals surface area contributed by atoms with Crippen molar-refractivity contribution in [3.63, 3.8) is 0 Å². The number of pyridine rings is 2. The lowest BCUT2D eigenvalue weighted by atomic mass is 9.85. The normalized spacial score (nSPS) is 18.0. The minimum Gasteiger partial charge on any atom is -0.349 e. The molecule has 1 aromatic carbocycles. The van der Waals surface area contributed by atoms with Gasteiger partial charge in [-0.2, -0.15) is 0 Å². The Morgan fingerprint density at radius 3 is 2.54 bits per heavy atom. The van der Waals surface area contributed by atoms with Crippen LogP contribution in [0.4, 0.5) is 0 Å². The summed E-state index contributed by atoms with van der Waals surface area (Å²) in [7, 11) is 0. The molecular weight excluding hydrogens is 530 g/mol. The van der Waals surface area contributed by atoms with Crippen molar-refractivity contribution in [2.24, 2.45) is 5.92 Å². The summed E-state index contributed by atoms with van der Waals surface area (Å²) in [5.74, 6) is 0.820. The molecule has 9 heteroatoms. The van der Waals surface area contributed by atoms with Crippen LogP contribution in [0.15, 0.2) is 64.1 Å². The van der Waals surface area contributed by atoms with Crippen LogP contribution in [0.25, 0.3) is 16.9 Å². The maximum atomic E-state index is 13.5. The minimum absolute atomic E-state index is 0.0830. The van der Waals surface area contributed by atoms with Crippen LogP contribution in [0.5, 0.6) is 0 Å². The molecule has 1 saturated carbocycles. The van der Waals surface area contributed by atoms with E-state index in [4.69, 9.17) is 11.6 Å². The van der Waals surface area contributed by atoms with Crippen LogP contribution in [-0.4, -0.2) is 31.1 Å². The molecule has 1 N–H and O–H groups in total. The Bertz CT molecular complexity index is 1440. The summed E-state index contributed by atoms with van der Waals surface area (Å²) in [6.45, 7) is 2.45. The number of aromatic nitrogens is 4. The summed E-state index contributed by atoms with van der Waals surface area (Å²) in [4.78, 5) is 34.8. The summed E-state index contributed by atoms with van der Waals surface area (Å²) >= 11 is 9.43. The van der Waals surface area contributed by atoms with Gasteiger partial charge in [-0.25, -0.2) is 14.3 Å². The highest BCUT2D eigenvalue weighted by atomic mass is 79.9. The molecular formula is C26H25BrClN5O2. The third kappa shape index (κ3) is 4.90. The zero-order chi connectivity index (χ0) is 24.5. The lowest BCUT2D eigenvalue weighted by molar-refractivity contribution is 0.0919. The highest BCUT2D eigenvalue weighted by Crippen LogP contribution is 2.28. The number of imidazole rings is 1. The van der Waals surface area contributed by atoms with Crippen LogP contribution in [0, 0.1) is 12.8 Å². The van der Waals surface area contributed by atoms with E-state index in [1.807, 2.05) is 41.0 Å². The zero-order valence-electron chi connectivity index (χ0n) is 19.2. The molecule has 0 aliphatic heterocycles. The van der Waals surface area contributed by atoms with E-state index in [1.54, 1.807) is 30.0 Å². The molecule has 180 valence electrons. The maximum Gasteiger partial charge on any atom is 0.334 e. The number of rotatable bonds is 5. The Hall–Kier alpha value is -2.97. The third-order valence-corrected chi connectivity index (χ3v) is 7.37. The third-order valence-electron chi connectivity index (χ3n) is 6.70. The predicted molar refractivity (Wildman–Crippen MR) is 140 cm³/mol. The van der Waals surface area contributed by atoms with Gasteiger partial charge in [0.1, 0.15) is 5.82 Å². The van der Waals surface area contributed by atoms with Crippen LogP contribution in [0.1, 0.15) is 41.7 Å². The molecule has 1 fully saturated rings. The quantitative estimate of drug-likeness (QED) is 0.363. The van der Waals surface area contributed by atoms with Crippen molar-refractivity contribution >= 4 is 44.5 Å². The summed E-state index contributed by atoms with van der Waals surface area (Å²) in [6, 6.07) is 13.3. The first kappa shape index (κ1) is 23.8. The number of aryl methyl sites for hydroxylation is 1. The van der Waals surface area contributed by atoms with Crippen molar-refractivity contribution in [1.29, 1.82) is 0 Å². The maximum absolute atomic E-state index is 13.5. The van der Waals surface area contributed by atoms with Crippen molar-refractivity contribution in [1.82, 2.24) is 24.4 Å². The molecule has 3 aromatic heterocycles. The van der Waals surface area contributed by atoms with Crippen molar-refractivity contribution in [2.75, 3.05) is 0 Å². The first-order valence-corrected chi connectivity index (χ1v) is 12.8. The number of amides is 1. The van der Waals surface area contributed by atoms with E-state index in [-0.39, 0.29) is 17.6 Å². The Morgan fingerprint density at radius 1 is 1.09 bits per heavy atom. The number of nitrogens with one attached hydrogen (secondary N) is 1. The number of para-hydroxylation sites is 2. The molecule has 0 bridgehead atoms. The van der Waals surface area contributed by atoms with Gasteiger partial charge in [0.2, 0.25) is 0 Å². The number of carbonyl (C=O) groups excluding carboxylic acids is 1. The van der Waals surface area contributed by atoms with Gasteiger partial charge in [0, 0.05) is 29.5 Å². The van der Waals surface area contributed by atoms with Crippen molar-refractivity contribution in [3.8, 4) is 5.82 Å². The van der Waals surface area contributed by atoms with Gasteiger partial charge in [0.05, 0.1) is 27.3 Å². The van der Waals surface area contributed by atoms with Gasteiger partial charge < -0.3 is 5.32 Å². The molecule has 0 radical (unpaired) electrons. The Kier molecular flexibility index (Phi) is 6.75. The van der Waals surface area contributed by atoms with E-state index in [9.17, 15) is 9.59 Å². The molecule has 4 aromatic rings. The average molecular weight is 555 g/mol. The molecule has 1 amide bonds. The fourth-order valence-corrected chi connectivity index (χ4v) is 5.25. The first-order chi connectivity index (χ1) is 16.9. The molecule has 1 aliphatic carbocycles. The fraction of sp³-hybridized carbons (Fsp3) is 0.308. The molecule has 3 heterocycles. The van der Waals surface area contributed by atoms with Gasteiger partial charge in [-0.15, -0.1) is 0 Å². The summed E-state index contributed by atoms with van der Waals surface area (Å²) in [5.41, 5.74) is 2.85.